The zero-order valence-corrected chi connectivity index (χ0v) is 19.0. The molecule has 0 bridgehead atoms. The second-order valence-electron chi connectivity index (χ2n) is 7.38. The van der Waals surface area contributed by atoms with E-state index in [9.17, 15) is 14.0 Å². The highest BCUT2D eigenvalue weighted by Gasteiger charge is 2.25. The number of thiophene rings is 1. The van der Waals surface area contributed by atoms with Crippen molar-refractivity contribution in [2.45, 2.75) is 26.2 Å². The van der Waals surface area contributed by atoms with Gasteiger partial charge in [0, 0.05) is 22.7 Å². The Balaban J connectivity index is 1.57. The van der Waals surface area contributed by atoms with E-state index in [0.717, 1.165) is 41.5 Å². The van der Waals surface area contributed by atoms with Crippen molar-refractivity contribution in [3.8, 4) is 0 Å². The molecule has 31 heavy (non-hydrogen) atoms. The number of carbonyl (C=O) groups is 2. The molecule has 2 amide bonds. The van der Waals surface area contributed by atoms with Gasteiger partial charge in [-0.05, 0) is 74.2 Å². The predicted molar refractivity (Wildman–Crippen MR) is 124 cm³/mol. The average Bonchev–Trinajstić information content (AvgIpc) is 2.98. The molecule has 160 valence electrons. The monoisotopic (exact) mass is 476 g/mol. The second kappa shape index (κ2) is 8.99. The molecule has 3 aromatic rings. The second-order valence-corrected chi connectivity index (χ2v) is 9.56. The van der Waals surface area contributed by atoms with Gasteiger partial charge in [-0.3, -0.25) is 9.59 Å². The van der Waals surface area contributed by atoms with E-state index in [4.69, 9.17) is 23.2 Å². The van der Waals surface area contributed by atoms with E-state index in [2.05, 4.69) is 5.32 Å². The first kappa shape index (κ1) is 21.8. The number of fused-ring (bicyclic) bond motifs is 1. The summed E-state index contributed by atoms with van der Waals surface area (Å²) >= 11 is 13.7. The maximum Gasteiger partial charge on any atom is 0.258 e. The number of hydrogen-bond donors (Lipinski definition) is 1. The molecule has 0 spiro atoms. The van der Waals surface area contributed by atoms with E-state index >= 15 is 0 Å². The molecule has 1 N–H and O–H groups in total. The summed E-state index contributed by atoms with van der Waals surface area (Å²) in [6.07, 6.45) is 2.86. The van der Waals surface area contributed by atoms with Crippen LogP contribution in [0.2, 0.25) is 9.36 Å². The fourth-order valence-electron chi connectivity index (χ4n) is 3.68. The van der Waals surface area contributed by atoms with Crippen LogP contribution in [0, 0.1) is 12.7 Å². The van der Waals surface area contributed by atoms with Gasteiger partial charge < -0.3 is 10.2 Å². The van der Waals surface area contributed by atoms with Crippen LogP contribution in [0.15, 0.2) is 42.5 Å². The van der Waals surface area contributed by atoms with Crippen molar-refractivity contribution in [3.05, 3.63) is 79.2 Å². The SMILES string of the molecule is Cc1cc(NC(=O)c2cc(F)ccc2Cl)ccc1C(=O)N1CCCCc2sc(Cl)cc21. The van der Waals surface area contributed by atoms with Crippen LogP contribution in [0.3, 0.4) is 0 Å². The van der Waals surface area contributed by atoms with Crippen LogP contribution in [0.5, 0.6) is 0 Å². The Morgan fingerprint density at radius 2 is 1.87 bits per heavy atom. The molecular weight excluding hydrogens is 458 g/mol. The largest absolute Gasteiger partial charge is 0.322 e. The van der Waals surface area contributed by atoms with Crippen molar-refractivity contribution in [2.24, 2.45) is 0 Å². The number of aryl methyl sites for hydroxylation is 2. The maximum absolute atomic E-state index is 13.5. The van der Waals surface area contributed by atoms with Gasteiger partial charge in [-0.2, -0.15) is 0 Å². The number of halogens is 3. The van der Waals surface area contributed by atoms with Gasteiger partial charge in [0.25, 0.3) is 11.8 Å². The highest BCUT2D eigenvalue weighted by atomic mass is 35.5. The third-order valence-electron chi connectivity index (χ3n) is 5.22. The lowest BCUT2D eigenvalue weighted by atomic mass is 10.1. The Bertz CT molecular complexity index is 1180. The van der Waals surface area contributed by atoms with Gasteiger partial charge in [0.2, 0.25) is 0 Å². The van der Waals surface area contributed by atoms with E-state index in [1.165, 1.54) is 23.5 Å². The molecule has 2 aromatic carbocycles. The Morgan fingerprint density at radius 1 is 1.06 bits per heavy atom. The molecule has 0 fully saturated rings. The van der Waals surface area contributed by atoms with Crippen LogP contribution in [-0.2, 0) is 6.42 Å². The van der Waals surface area contributed by atoms with Crippen LogP contribution in [0.25, 0.3) is 0 Å². The molecule has 0 saturated carbocycles. The highest BCUT2D eigenvalue weighted by Crippen LogP contribution is 2.37. The Kier molecular flexibility index (Phi) is 6.32. The summed E-state index contributed by atoms with van der Waals surface area (Å²) < 4.78 is 14.2. The van der Waals surface area contributed by atoms with Crippen molar-refractivity contribution >= 4 is 57.7 Å². The maximum atomic E-state index is 13.5. The summed E-state index contributed by atoms with van der Waals surface area (Å²) in [5.74, 6) is -1.16. The third kappa shape index (κ3) is 4.61. The molecule has 0 saturated heterocycles. The first-order chi connectivity index (χ1) is 14.8. The van der Waals surface area contributed by atoms with Crippen molar-refractivity contribution in [2.75, 3.05) is 16.8 Å². The van der Waals surface area contributed by atoms with Crippen molar-refractivity contribution in [1.29, 1.82) is 0 Å². The van der Waals surface area contributed by atoms with Gasteiger partial charge in [-0.15, -0.1) is 11.3 Å². The van der Waals surface area contributed by atoms with Crippen LogP contribution >= 0.6 is 34.5 Å². The predicted octanol–water partition coefficient (Wildman–Crippen LogP) is 6.74. The van der Waals surface area contributed by atoms with E-state index in [1.807, 2.05) is 13.0 Å². The molecular formula is C23H19Cl2FN2O2S. The first-order valence-corrected chi connectivity index (χ1v) is 11.4. The fourth-order valence-corrected chi connectivity index (χ4v) is 5.19. The minimum absolute atomic E-state index is 0.0471. The topological polar surface area (TPSA) is 49.4 Å². The standard InChI is InChI=1S/C23H19Cl2FN2O2S/c1-13-10-15(27-22(29)17-11-14(26)5-8-18(17)24)6-7-16(13)23(30)28-9-3-2-4-20-19(28)12-21(25)31-20/h5-8,10-12H,2-4,9H2,1H3,(H,27,29). The van der Waals surface area contributed by atoms with Crippen molar-refractivity contribution in [1.82, 2.24) is 0 Å². The summed E-state index contributed by atoms with van der Waals surface area (Å²) in [5, 5.41) is 2.87. The van der Waals surface area contributed by atoms with Crippen LogP contribution in [0.4, 0.5) is 15.8 Å². The zero-order chi connectivity index (χ0) is 22.1. The molecule has 0 unspecified atom stereocenters. The summed E-state index contributed by atoms with van der Waals surface area (Å²) in [6.45, 7) is 2.45. The van der Waals surface area contributed by atoms with E-state index in [1.54, 1.807) is 23.1 Å². The molecule has 1 aliphatic heterocycles. The van der Waals surface area contributed by atoms with Gasteiger partial charge in [0.15, 0.2) is 0 Å². The molecule has 8 heteroatoms. The summed E-state index contributed by atoms with van der Waals surface area (Å²) in [5.41, 5.74) is 2.70. The smallest absolute Gasteiger partial charge is 0.258 e. The zero-order valence-electron chi connectivity index (χ0n) is 16.7. The minimum Gasteiger partial charge on any atom is -0.322 e. The number of nitrogens with zero attached hydrogens (tertiary/aromatic N) is 1. The van der Waals surface area contributed by atoms with E-state index in [0.29, 0.717) is 22.1 Å². The van der Waals surface area contributed by atoms with Gasteiger partial charge in [0.1, 0.15) is 5.82 Å². The van der Waals surface area contributed by atoms with Crippen molar-refractivity contribution in [3.63, 3.8) is 0 Å². The Morgan fingerprint density at radius 3 is 2.65 bits per heavy atom. The fraction of sp³-hybridized carbons (Fsp3) is 0.217. The molecule has 2 heterocycles. The van der Waals surface area contributed by atoms with Gasteiger partial charge in [-0.1, -0.05) is 23.2 Å². The quantitative estimate of drug-likeness (QED) is 0.454. The molecule has 0 atom stereocenters. The number of hydrogen-bond acceptors (Lipinski definition) is 3. The molecule has 4 rings (SSSR count). The van der Waals surface area contributed by atoms with Crippen LogP contribution in [-0.4, -0.2) is 18.4 Å². The first-order valence-electron chi connectivity index (χ1n) is 9.80. The molecule has 4 nitrogen and oxygen atoms in total. The van der Waals surface area contributed by atoms with Gasteiger partial charge in [-0.25, -0.2) is 4.39 Å². The number of benzene rings is 2. The lowest BCUT2D eigenvalue weighted by Gasteiger charge is -2.22. The number of anilines is 2. The van der Waals surface area contributed by atoms with Gasteiger partial charge in [0.05, 0.1) is 20.6 Å². The lowest BCUT2D eigenvalue weighted by molar-refractivity contribution is 0.0985. The Labute approximate surface area is 193 Å². The number of nitrogens with one attached hydrogen (secondary N) is 1. The summed E-state index contributed by atoms with van der Waals surface area (Å²) in [6, 6.07) is 10.5. The normalized spacial score (nSPS) is 13.5. The minimum atomic E-state index is -0.544. The molecule has 0 aliphatic carbocycles. The van der Waals surface area contributed by atoms with Gasteiger partial charge >= 0.3 is 0 Å². The lowest BCUT2D eigenvalue weighted by Crippen LogP contribution is -2.32. The van der Waals surface area contributed by atoms with Crippen LogP contribution < -0.4 is 10.2 Å². The number of amides is 2. The van der Waals surface area contributed by atoms with E-state index < -0.39 is 11.7 Å². The average molecular weight is 477 g/mol. The number of carbonyl (C=O) groups excluding carboxylic acids is 2. The molecule has 0 radical (unpaired) electrons. The third-order valence-corrected chi connectivity index (χ3v) is 6.86. The highest BCUT2D eigenvalue weighted by molar-refractivity contribution is 7.16. The summed E-state index contributed by atoms with van der Waals surface area (Å²) in [4.78, 5) is 28.7. The molecule has 1 aromatic heterocycles. The number of rotatable bonds is 3. The van der Waals surface area contributed by atoms with Crippen molar-refractivity contribution < 1.29 is 14.0 Å². The Hall–Kier alpha value is -2.41. The summed E-state index contributed by atoms with van der Waals surface area (Å²) in [7, 11) is 0. The van der Waals surface area contributed by atoms with Crippen LogP contribution in [0.1, 0.15) is 44.0 Å². The molecule has 1 aliphatic rings. The van der Waals surface area contributed by atoms with E-state index in [-0.39, 0.29) is 16.5 Å².